The molecule has 2 nitrogen and oxygen atoms in total. The second-order valence-corrected chi connectivity index (χ2v) is 3.79. The lowest BCUT2D eigenvalue weighted by molar-refractivity contribution is 0.402. The van der Waals surface area contributed by atoms with Crippen LogP contribution in [0.5, 0.6) is 0 Å². The fourth-order valence-electron chi connectivity index (χ4n) is 2.17. The van der Waals surface area contributed by atoms with E-state index in [0.29, 0.717) is 17.4 Å². The fraction of sp³-hybridized carbons (Fsp3) is 0.636. The zero-order valence-corrected chi connectivity index (χ0v) is 8.17. The van der Waals surface area contributed by atoms with Gasteiger partial charge >= 0.3 is 0 Å². The van der Waals surface area contributed by atoms with Crippen molar-refractivity contribution in [3.63, 3.8) is 0 Å². The smallest absolute Gasteiger partial charge is 0.129 e. The van der Waals surface area contributed by atoms with Gasteiger partial charge in [0.05, 0.1) is 0 Å². The lowest BCUT2D eigenvalue weighted by Crippen LogP contribution is -2.16. The van der Waals surface area contributed by atoms with E-state index >= 15 is 0 Å². The first-order valence-corrected chi connectivity index (χ1v) is 4.75. The number of nitrogens with zero attached hydrogens (tertiary/aromatic N) is 2. The molecule has 0 N–H and O–H groups in total. The van der Waals surface area contributed by atoms with Crippen molar-refractivity contribution >= 4 is 0 Å². The molecule has 1 aliphatic carbocycles. The zero-order valence-electron chi connectivity index (χ0n) is 8.17. The molecule has 0 radical (unpaired) electrons. The minimum atomic E-state index is 0.347. The maximum absolute atomic E-state index is 8.78. The molecule has 1 aliphatic rings. The van der Waals surface area contributed by atoms with E-state index in [2.05, 4.69) is 13.8 Å². The second kappa shape index (κ2) is 4.10. The van der Waals surface area contributed by atoms with Crippen molar-refractivity contribution in [2.75, 3.05) is 0 Å². The van der Waals surface area contributed by atoms with Gasteiger partial charge in [0, 0.05) is 0 Å². The molecule has 0 aromatic heterocycles. The molecule has 68 valence electrons. The molecular weight excluding hydrogens is 160 g/mol. The van der Waals surface area contributed by atoms with E-state index in [9.17, 15) is 0 Å². The largest absolute Gasteiger partial charge is 0.192 e. The lowest BCUT2D eigenvalue weighted by atomic mass is 9.76. The molecule has 2 atom stereocenters. The maximum Gasteiger partial charge on any atom is 0.129 e. The quantitative estimate of drug-likeness (QED) is 0.530. The van der Waals surface area contributed by atoms with E-state index in [1.54, 1.807) is 0 Å². The molecule has 0 amide bonds. The Hall–Kier alpha value is -1.28. The van der Waals surface area contributed by atoms with E-state index in [1.807, 2.05) is 12.1 Å². The van der Waals surface area contributed by atoms with Gasteiger partial charge in [0.15, 0.2) is 0 Å². The molecule has 0 spiro atoms. The third-order valence-electron chi connectivity index (χ3n) is 2.85. The van der Waals surface area contributed by atoms with Gasteiger partial charge in [-0.15, -0.1) is 0 Å². The van der Waals surface area contributed by atoms with E-state index in [0.717, 1.165) is 18.4 Å². The molecule has 1 rings (SSSR count). The number of rotatable bonds is 0. The minimum absolute atomic E-state index is 0.347. The standard InChI is InChI=1S/C11H14N2/c1-8-4-3-5-9(2)11(8)10(6-12)7-13/h8-9H,3-5H2,1-2H3. The van der Waals surface area contributed by atoms with Crippen LogP contribution >= 0.6 is 0 Å². The van der Waals surface area contributed by atoms with E-state index in [-0.39, 0.29) is 0 Å². The summed E-state index contributed by atoms with van der Waals surface area (Å²) in [5.74, 6) is 0.830. The summed E-state index contributed by atoms with van der Waals surface area (Å²) in [5, 5.41) is 17.6. The average Bonchev–Trinajstić information content (AvgIpc) is 2.11. The van der Waals surface area contributed by atoms with Crippen LogP contribution in [0.4, 0.5) is 0 Å². The van der Waals surface area contributed by atoms with Crippen LogP contribution in [0, 0.1) is 34.5 Å². The van der Waals surface area contributed by atoms with Crippen LogP contribution in [-0.2, 0) is 0 Å². The zero-order chi connectivity index (χ0) is 9.84. The normalized spacial score (nSPS) is 27.5. The van der Waals surface area contributed by atoms with Gasteiger partial charge in [-0.3, -0.25) is 0 Å². The highest BCUT2D eigenvalue weighted by Crippen LogP contribution is 2.35. The third kappa shape index (κ3) is 1.90. The summed E-state index contributed by atoms with van der Waals surface area (Å²) >= 11 is 0. The molecule has 0 aromatic carbocycles. The molecule has 2 unspecified atom stereocenters. The Morgan fingerprint density at radius 1 is 1.15 bits per heavy atom. The Morgan fingerprint density at radius 3 is 2.00 bits per heavy atom. The van der Waals surface area contributed by atoms with Gasteiger partial charge in [-0.1, -0.05) is 20.3 Å². The highest BCUT2D eigenvalue weighted by Gasteiger charge is 2.24. The molecule has 0 aromatic rings. The van der Waals surface area contributed by atoms with Crippen LogP contribution in [0.3, 0.4) is 0 Å². The molecular formula is C11H14N2. The molecule has 2 heteroatoms. The van der Waals surface area contributed by atoms with Gasteiger partial charge < -0.3 is 0 Å². The molecule has 0 saturated heterocycles. The number of nitriles is 2. The Kier molecular flexibility index (Phi) is 3.09. The maximum atomic E-state index is 8.78. The van der Waals surface area contributed by atoms with Crippen molar-refractivity contribution in [2.45, 2.75) is 33.1 Å². The van der Waals surface area contributed by atoms with Gasteiger partial charge in [-0.25, -0.2) is 0 Å². The average molecular weight is 174 g/mol. The Morgan fingerprint density at radius 2 is 1.62 bits per heavy atom. The summed E-state index contributed by atoms with van der Waals surface area (Å²) < 4.78 is 0. The van der Waals surface area contributed by atoms with Crippen LogP contribution in [0.2, 0.25) is 0 Å². The predicted molar refractivity (Wildman–Crippen MR) is 50.4 cm³/mol. The van der Waals surface area contributed by atoms with E-state index < -0.39 is 0 Å². The highest BCUT2D eigenvalue weighted by atomic mass is 14.3. The minimum Gasteiger partial charge on any atom is -0.192 e. The SMILES string of the molecule is CC1CCCC(C)C1=C(C#N)C#N. The summed E-state index contributed by atoms with van der Waals surface area (Å²) in [4.78, 5) is 0. The monoisotopic (exact) mass is 174 g/mol. The van der Waals surface area contributed by atoms with Gasteiger partial charge in [0.25, 0.3) is 0 Å². The van der Waals surface area contributed by atoms with Crippen molar-refractivity contribution in [3.05, 3.63) is 11.1 Å². The molecule has 0 bridgehead atoms. The summed E-state index contributed by atoms with van der Waals surface area (Å²) in [6, 6.07) is 4.00. The lowest BCUT2D eigenvalue weighted by Gasteiger charge is -2.27. The van der Waals surface area contributed by atoms with Crippen LogP contribution in [-0.4, -0.2) is 0 Å². The molecule has 0 aliphatic heterocycles. The van der Waals surface area contributed by atoms with Crippen LogP contribution < -0.4 is 0 Å². The molecule has 0 heterocycles. The first-order valence-electron chi connectivity index (χ1n) is 4.75. The van der Waals surface area contributed by atoms with Crippen molar-refractivity contribution in [1.82, 2.24) is 0 Å². The number of hydrogen-bond donors (Lipinski definition) is 0. The molecule has 13 heavy (non-hydrogen) atoms. The Balaban J connectivity index is 3.06. The number of hydrogen-bond acceptors (Lipinski definition) is 2. The molecule has 1 fully saturated rings. The summed E-state index contributed by atoms with van der Waals surface area (Å²) in [6.07, 6.45) is 3.45. The van der Waals surface area contributed by atoms with Crippen LogP contribution in [0.1, 0.15) is 33.1 Å². The van der Waals surface area contributed by atoms with Crippen LogP contribution in [0.15, 0.2) is 11.1 Å². The number of allylic oxidation sites excluding steroid dienone is 2. The fourth-order valence-corrected chi connectivity index (χ4v) is 2.17. The van der Waals surface area contributed by atoms with Crippen molar-refractivity contribution in [1.29, 1.82) is 10.5 Å². The van der Waals surface area contributed by atoms with Gasteiger partial charge in [-0.2, -0.15) is 10.5 Å². The van der Waals surface area contributed by atoms with Crippen molar-refractivity contribution in [2.24, 2.45) is 11.8 Å². The topological polar surface area (TPSA) is 47.6 Å². The van der Waals surface area contributed by atoms with Crippen LogP contribution in [0.25, 0.3) is 0 Å². The summed E-state index contributed by atoms with van der Waals surface area (Å²) in [5.41, 5.74) is 1.43. The Labute approximate surface area is 79.5 Å². The predicted octanol–water partition coefficient (Wildman–Crippen LogP) is 2.79. The molecule has 1 saturated carbocycles. The van der Waals surface area contributed by atoms with Gasteiger partial charge in [-0.05, 0) is 30.3 Å². The van der Waals surface area contributed by atoms with E-state index in [4.69, 9.17) is 10.5 Å². The summed E-state index contributed by atoms with van der Waals surface area (Å²) in [6.45, 7) is 4.22. The Bertz CT molecular complexity index is 273. The van der Waals surface area contributed by atoms with E-state index in [1.165, 1.54) is 6.42 Å². The first kappa shape index (κ1) is 9.81. The first-order chi connectivity index (χ1) is 6.20. The van der Waals surface area contributed by atoms with Crippen molar-refractivity contribution < 1.29 is 0 Å². The van der Waals surface area contributed by atoms with Gasteiger partial charge in [0.1, 0.15) is 17.7 Å². The third-order valence-corrected chi connectivity index (χ3v) is 2.85. The highest BCUT2D eigenvalue weighted by molar-refractivity contribution is 5.42. The summed E-state index contributed by atoms with van der Waals surface area (Å²) in [7, 11) is 0. The van der Waals surface area contributed by atoms with Gasteiger partial charge in [0.2, 0.25) is 0 Å². The second-order valence-electron chi connectivity index (χ2n) is 3.79. The van der Waals surface area contributed by atoms with Crippen molar-refractivity contribution in [3.8, 4) is 12.1 Å².